The minimum atomic E-state index is -0.393. The van der Waals surface area contributed by atoms with Gasteiger partial charge in [-0.15, -0.1) is 0 Å². The molecule has 1 aliphatic heterocycles. The van der Waals surface area contributed by atoms with Gasteiger partial charge in [0, 0.05) is 43.4 Å². The second kappa shape index (κ2) is 6.36. The van der Waals surface area contributed by atoms with Crippen molar-refractivity contribution in [3.05, 3.63) is 33.9 Å². The number of hydrogen-bond acceptors (Lipinski definition) is 4. The molecule has 0 aromatic heterocycles. The molecule has 0 unspecified atom stereocenters. The third-order valence-electron chi connectivity index (χ3n) is 3.53. The van der Waals surface area contributed by atoms with Gasteiger partial charge in [-0.3, -0.25) is 14.9 Å². The number of carbonyl (C=O) groups is 1. The standard InChI is InChI=1S/C14H19N3O3/c1-11-4-5-12(10-13(11)17(19)20)15-7-6-14(18)16-8-2-3-9-16/h4-5,10,15H,2-3,6-9H2,1H3. The van der Waals surface area contributed by atoms with Crippen LogP contribution in [-0.2, 0) is 4.79 Å². The number of anilines is 1. The van der Waals surface area contributed by atoms with E-state index in [1.807, 2.05) is 4.90 Å². The summed E-state index contributed by atoms with van der Waals surface area (Å²) in [5.41, 5.74) is 1.41. The highest BCUT2D eigenvalue weighted by atomic mass is 16.6. The van der Waals surface area contributed by atoms with Crippen LogP contribution in [0.5, 0.6) is 0 Å². The van der Waals surface area contributed by atoms with Crippen molar-refractivity contribution in [1.29, 1.82) is 0 Å². The first-order valence-corrected chi connectivity index (χ1v) is 6.84. The SMILES string of the molecule is Cc1ccc(NCCC(=O)N2CCCC2)cc1[N+](=O)[O-]. The zero-order valence-corrected chi connectivity index (χ0v) is 11.6. The van der Waals surface area contributed by atoms with E-state index in [1.54, 1.807) is 19.1 Å². The molecule has 0 spiro atoms. The molecule has 0 saturated carbocycles. The number of nitro benzene ring substituents is 1. The molecule has 1 aliphatic rings. The lowest BCUT2D eigenvalue weighted by molar-refractivity contribution is -0.385. The summed E-state index contributed by atoms with van der Waals surface area (Å²) in [6.07, 6.45) is 2.59. The summed E-state index contributed by atoms with van der Waals surface area (Å²) in [5.74, 6) is 0.150. The van der Waals surface area contributed by atoms with Gasteiger partial charge in [-0.2, -0.15) is 0 Å². The Labute approximate surface area is 117 Å². The third-order valence-corrected chi connectivity index (χ3v) is 3.53. The third kappa shape index (κ3) is 3.46. The van der Waals surface area contributed by atoms with E-state index in [-0.39, 0.29) is 11.6 Å². The number of hydrogen-bond donors (Lipinski definition) is 1. The number of nitrogens with zero attached hydrogens (tertiary/aromatic N) is 2. The fourth-order valence-electron chi connectivity index (χ4n) is 2.35. The lowest BCUT2D eigenvalue weighted by Gasteiger charge is -2.15. The van der Waals surface area contributed by atoms with Gasteiger partial charge in [0.2, 0.25) is 5.91 Å². The topological polar surface area (TPSA) is 75.5 Å². The van der Waals surface area contributed by atoms with Gasteiger partial charge in [-0.25, -0.2) is 0 Å². The smallest absolute Gasteiger partial charge is 0.274 e. The Morgan fingerprint density at radius 2 is 2.10 bits per heavy atom. The molecule has 0 atom stereocenters. The number of benzene rings is 1. The average molecular weight is 277 g/mol. The van der Waals surface area contributed by atoms with E-state index in [1.165, 1.54) is 6.07 Å². The van der Waals surface area contributed by atoms with Crippen LogP contribution < -0.4 is 5.32 Å². The van der Waals surface area contributed by atoms with E-state index < -0.39 is 4.92 Å². The molecule has 0 aliphatic carbocycles. The number of likely N-dealkylation sites (tertiary alicyclic amines) is 1. The average Bonchev–Trinajstić information content (AvgIpc) is 2.94. The van der Waals surface area contributed by atoms with E-state index in [2.05, 4.69) is 5.32 Å². The maximum Gasteiger partial charge on any atom is 0.274 e. The van der Waals surface area contributed by atoms with Crippen LogP contribution in [0.3, 0.4) is 0 Å². The first-order chi connectivity index (χ1) is 9.58. The fraction of sp³-hybridized carbons (Fsp3) is 0.500. The predicted octanol–water partition coefficient (Wildman–Crippen LogP) is 2.33. The van der Waals surface area contributed by atoms with Gasteiger partial charge in [0.15, 0.2) is 0 Å². The van der Waals surface area contributed by atoms with Crippen molar-refractivity contribution in [3.63, 3.8) is 0 Å². The number of amides is 1. The maximum atomic E-state index is 11.8. The summed E-state index contributed by atoms with van der Waals surface area (Å²) in [4.78, 5) is 24.2. The van der Waals surface area contributed by atoms with E-state index in [0.717, 1.165) is 25.9 Å². The highest BCUT2D eigenvalue weighted by Crippen LogP contribution is 2.22. The number of nitro groups is 1. The van der Waals surface area contributed by atoms with E-state index in [0.29, 0.717) is 24.2 Å². The Hall–Kier alpha value is -2.11. The van der Waals surface area contributed by atoms with Crippen LogP contribution >= 0.6 is 0 Å². The Bertz CT molecular complexity index is 510. The van der Waals surface area contributed by atoms with Crippen LogP contribution in [0.4, 0.5) is 11.4 Å². The lowest BCUT2D eigenvalue weighted by atomic mass is 10.2. The molecule has 1 saturated heterocycles. The lowest BCUT2D eigenvalue weighted by Crippen LogP contribution is -2.29. The number of aryl methyl sites for hydroxylation is 1. The minimum Gasteiger partial charge on any atom is -0.384 e. The molecule has 1 heterocycles. The molecule has 1 N–H and O–H groups in total. The van der Waals surface area contributed by atoms with Crippen LogP contribution in [0, 0.1) is 17.0 Å². The van der Waals surface area contributed by atoms with Crippen molar-refractivity contribution in [2.45, 2.75) is 26.2 Å². The fourth-order valence-corrected chi connectivity index (χ4v) is 2.35. The molecule has 1 aromatic carbocycles. The van der Waals surface area contributed by atoms with E-state index in [4.69, 9.17) is 0 Å². The van der Waals surface area contributed by atoms with Crippen LogP contribution in [0.25, 0.3) is 0 Å². The van der Waals surface area contributed by atoms with Crippen molar-refractivity contribution in [3.8, 4) is 0 Å². The molecular formula is C14H19N3O3. The molecule has 1 aromatic rings. The Morgan fingerprint density at radius 1 is 1.40 bits per heavy atom. The summed E-state index contributed by atoms with van der Waals surface area (Å²) in [6.45, 7) is 3.91. The first-order valence-electron chi connectivity index (χ1n) is 6.84. The predicted molar refractivity (Wildman–Crippen MR) is 76.8 cm³/mol. The molecule has 6 heteroatoms. The normalized spacial score (nSPS) is 14.3. The number of rotatable bonds is 5. The molecule has 1 amide bonds. The zero-order chi connectivity index (χ0) is 14.5. The summed E-state index contributed by atoms with van der Waals surface area (Å²) < 4.78 is 0. The highest BCUT2D eigenvalue weighted by Gasteiger charge is 2.17. The van der Waals surface area contributed by atoms with Crippen molar-refractivity contribution in [1.82, 2.24) is 4.90 Å². The van der Waals surface area contributed by atoms with Crippen LogP contribution in [-0.4, -0.2) is 35.4 Å². The zero-order valence-electron chi connectivity index (χ0n) is 11.6. The molecule has 0 radical (unpaired) electrons. The Balaban J connectivity index is 1.86. The van der Waals surface area contributed by atoms with Crippen LogP contribution in [0.15, 0.2) is 18.2 Å². The largest absolute Gasteiger partial charge is 0.384 e. The van der Waals surface area contributed by atoms with Crippen molar-refractivity contribution < 1.29 is 9.72 Å². The second-order valence-corrected chi connectivity index (χ2v) is 5.02. The maximum absolute atomic E-state index is 11.8. The monoisotopic (exact) mass is 277 g/mol. The molecule has 20 heavy (non-hydrogen) atoms. The molecule has 0 bridgehead atoms. The molecule has 6 nitrogen and oxygen atoms in total. The molecule has 1 fully saturated rings. The minimum absolute atomic E-state index is 0.0980. The van der Waals surface area contributed by atoms with Gasteiger partial charge < -0.3 is 10.2 Å². The van der Waals surface area contributed by atoms with Gasteiger partial charge in [0.1, 0.15) is 0 Å². The first kappa shape index (κ1) is 14.3. The quantitative estimate of drug-likeness (QED) is 0.662. The molecular weight excluding hydrogens is 258 g/mol. The van der Waals surface area contributed by atoms with Crippen molar-refractivity contribution in [2.75, 3.05) is 25.0 Å². The number of carbonyl (C=O) groups excluding carboxylic acids is 1. The summed E-state index contributed by atoms with van der Waals surface area (Å²) in [7, 11) is 0. The summed E-state index contributed by atoms with van der Waals surface area (Å²) >= 11 is 0. The molecule has 108 valence electrons. The van der Waals surface area contributed by atoms with Gasteiger partial charge in [0.25, 0.3) is 5.69 Å². The van der Waals surface area contributed by atoms with E-state index >= 15 is 0 Å². The summed E-state index contributed by atoms with van der Waals surface area (Å²) in [6, 6.07) is 5.01. The van der Waals surface area contributed by atoms with Gasteiger partial charge in [0.05, 0.1) is 4.92 Å². The highest BCUT2D eigenvalue weighted by molar-refractivity contribution is 5.77. The van der Waals surface area contributed by atoms with Crippen molar-refractivity contribution in [2.24, 2.45) is 0 Å². The van der Waals surface area contributed by atoms with E-state index in [9.17, 15) is 14.9 Å². The van der Waals surface area contributed by atoms with Crippen LogP contribution in [0.2, 0.25) is 0 Å². The van der Waals surface area contributed by atoms with Gasteiger partial charge >= 0.3 is 0 Å². The second-order valence-electron chi connectivity index (χ2n) is 5.02. The van der Waals surface area contributed by atoms with Gasteiger partial charge in [-0.05, 0) is 25.8 Å². The summed E-state index contributed by atoms with van der Waals surface area (Å²) in [5, 5.41) is 13.9. The Morgan fingerprint density at radius 3 is 2.75 bits per heavy atom. The van der Waals surface area contributed by atoms with Gasteiger partial charge in [-0.1, -0.05) is 6.07 Å². The van der Waals surface area contributed by atoms with Crippen LogP contribution in [0.1, 0.15) is 24.8 Å². The Kier molecular flexibility index (Phi) is 4.55. The van der Waals surface area contributed by atoms with Crippen molar-refractivity contribution >= 4 is 17.3 Å². The molecule has 2 rings (SSSR count). The number of nitrogens with one attached hydrogen (secondary N) is 1.